The molecule has 0 aliphatic heterocycles. The Morgan fingerprint density at radius 3 is 2.77 bits per heavy atom. The van der Waals surface area contributed by atoms with E-state index < -0.39 is 0 Å². The van der Waals surface area contributed by atoms with Crippen LogP contribution in [0.5, 0.6) is 0 Å². The molecule has 0 radical (unpaired) electrons. The number of rotatable bonds is 4. The first-order valence-electron chi connectivity index (χ1n) is 7.93. The third kappa shape index (κ3) is 3.52. The number of halogens is 1. The van der Waals surface area contributed by atoms with Crippen LogP contribution in [-0.4, -0.2) is 21.2 Å². The molecule has 3 rings (SSSR count). The van der Waals surface area contributed by atoms with Crippen molar-refractivity contribution in [3.63, 3.8) is 0 Å². The summed E-state index contributed by atoms with van der Waals surface area (Å²) >= 11 is 2.65. The molecule has 0 saturated heterocycles. The van der Waals surface area contributed by atoms with Gasteiger partial charge in [0.15, 0.2) is 5.16 Å². The van der Waals surface area contributed by atoms with Crippen LogP contribution in [0.25, 0.3) is 10.2 Å². The molecule has 26 heavy (non-hydrogen) atoms. The molecule has 1 amide bonds. The normalized spacial score (nSPS) is 11.1. The Morgan fingerprint density at radius 1 is 1.35 bits per heavy atom. The van der Waals surface area contributed by atoms with E-state index >= 15 is 0 Å². The molecule has 136 valence electrons. The number of benzene rings is 1. The van der Waals surface area contributed by atoms with Gasteiger partial charge in [0, 0.05) is 17.6 Å². The topological polar surface area (TPSA) is 64.0 Å². The number of nitrogens with one attached hydrogen (secondary N) is 1. The predicted molar refractivity (Wildman–Crippen MR) is 105 cm³/mol. The van der Waals surface area contributed by atoms with Crippen LogP contribution in [0, 0.1) is 26.6 Å². The van der Waals surface area contributed by atoms with E-state index in [1.807, 2.05) is 13.8 Å². The van der Waals surface area contributed by atoms with Crippen molar-refractivity contribution in [2.75, 3.05) is 11.1 Å². The quantitative estimate of drug-likeness (QED) is 0.543. The van der Waals surface area contributed by atoms with E-state index in [1.54, 1.807) is 26.1 Å². The van der Waals surface area contributed by atoms with Gasteiger partial charge in [0.25, 0.3) is 5.56 Å². The molecule has 3 aromatic rings. The van der Waals surface area contributed by atoms with Crippen molar-refractivity contribution in [3.05, 3.63) is 50.4 Å². The molecule has 0 aliphatic carbocycles. The number of carbonyl (C=O) groups is 1. The van der Waals surface area contributed by atoms with Crippen molar-refractivity contribution in [2.45, 2.75) is 25.9 Å². The minimum absolute atomic E-state index is 0.0740. The van der Waals surface area contributed by atoms with Gasteiger partial charge in [-0.15, -0.1) is 11.3 Å². The Morgan fingerprint density at radius 2 is 2.08 bits per heavy atom. The van der Waals surface area contributed by atoms with Crippen LogP contribution < -0.4 is 10.9 Å². The number of amides is 1. The average molecular weight is 391 g/mol. The number of hydrogen-bond acceptors (Lipinski definition) is 5. The van der Waals surface area contributed by atoms with Gasteiger partial charge in [-0.25, -0.2) is 9.37 Å². The van der Waals surface area contributed by atoms with Crippen molar-refractivity contribution in [2.24, 2.45) is 7.05 Å². The first-order chi connectivity index (χ1) is 12.3. The molecule has 5 nitrogen and oxygen atoms in total. The Labute approximate surface area is 158 Å². The first kappa shape index (κ1) is 18.6. The summed E-state index contributed by atoms with van der Waals surface area (Å²) < 4.78 is 15.0. The zero-order valence-corrected chi connectivity index (χ0v) is 16.5. The lowest BCUT2D eigenvalue weighted by molar-refractivity contribution is -0.113. The molecular formula is C18H18FN3O2S2. The third-order valence-corrected chi connectivity index (χ3v) is 6.29. The van der Waals surface area contributed by atoms with Crippen LogP contribution in [0.2, 0.25) is 0 Å². The molecule has 0 bridgehead atoms. The highest BCUT2D eigenvalue weighted by atomic mass is 32.2. The lowest BCUT2D eigenvalue weighted by Crippen LogP contribution is -2.21. The predicted octanol–water partition coefficient (Wildman–Crippen LogP) is 3.79. The molecule has 0 unspecified atom stereocenters. The number of aryl methyl sites for hydroxylation is 3. The molecule has 0 fully saturated rings. The van der Waals surface area contributed by atoms with Gasteiger partial charge in [0.05, 0.1) is 11.1 Å². The molecule has 2 heterocycles. The first-order valence-corrected chi connectivity index (χ1v) is 9.73. The smallest absolute Gasteiger partial charge is 0.262 e. The maximum Gasteiger partial charge on any atom is 0.262 e. The summed E-state index contributed by atoms with van der Waals surface area (Å²) in [5.74, 6) is -0.579. The Bertz CT molecular complexity index is 1070. The number of carbonyl (C=O) groups excluding carboxylic acids is 1. The average Bonchev–Trinajstić information content (AvgIpc) is 2.87. The summed E-state index contributed by atoms with van der Waals surface area (Å²) in [6, 6.07) is 4.55. The summed E-state index contributed by atoms with van der Waals surface area (Å²) in [5, 5.41) is 3.77. The number of thiophene rings is 1. The second-order valence-electron chi connectivity index (χ2n) is 6.02. The van der Waals surface area contributed by atoms with Gasteiger partial charge < -0.3 is 5.32 Å². The van der Waals surface area contributed by atoms with E-state index in [0.29, 0.717) is 26.6 Å². The van der Waals surface area contributed by atoms with Crippen molar-refractivity contribution in [1.82, 2.24) is 9.55 Å². The summed E-state index contributed by atoms with van der Waals surface area (Å²) in [5.41, 5.74) is 1.76. The summed E-state index contributed by atoms with van der Waals surface area (Å²) in [7, 11) is 1.65. The van der Waals surface area contributed by atoms with Crippen LogP contribution in [-0.2, 0) is 11.8 Å². The number of aromatic nitrogens is 2. The molecule has 0 spiro atoms. The van der Waals surface area contributed by atoms with Gasteiger partial charge in [-0.1, -0.05) is 17.8 Å². The highest BCUT2D eigenvalue weighted by molar-refractivity contribution is 7.99. The van der Waals surface area contributed by atoms with Crippen molar-refractivity contribution >= 4 is 44.9 Å². The second kappa shape index (κ2) is 7.20. The Balaban J connectivity index is 1.77. The molecule has 0 saturated carbocycles. The molecule has 0 aliphatic rings. The molecular weight excluding hydrogens is 373 g/mol. The highest BCUT2D eigenvalue weighted by Gasteiger charge is 2.16. The van der Waals surface area contributed by atoms with Gasteiger partial charge in [-0.05, 0) is 44.0 Å². The second-order valence-corrected chi connectivity index (χ2v) is 8.17. The van der Waals surface area contributed by atoms with E-state index in [4.69, 9.17) is 0 Å². The number of hydrogen-bond donors (Lipinski definition) is 1. The molecule has 8 heteroatoms. The monoisotopic (exact) mass is 391 g/mol. The van der Waals surface area contributed by atoms with Gasteiger partial charge in [-0.3, -0.25) is 14.2 Å². The van der Waals surface area contributed by atoms with E-state index in [1.165, 1.54) is 33.7 Å². The molecule has 2 aromatic heterocycles. The van der Waals surface area contributed by atoms with Crippen LogP contribution >= 0.6 is 23.1 Å². The summed E-state index contributed by atoms with van der Waals surface area (Å²) in [6.07, 6.45) is 0. The SMILES string of the molecule is Cc1ccc(NC(=O)CSc2nc3sc(C)c(C)c3c(=O)n2C)cc1F. The van der Waals surface area contributed by atoms with Gasteiger partial charge in [-0.2, -0.15) is 0 Å². The van der Waals surface area contributed by atoms with E-state index in [-0.39, 0.29) is 23.0 Å². The fraction of sp³-hybridized carbons (Fsp3) is 0.278. The standard InChI is InChI=1S/C18H18FN3O2S2/c1-9-5-6-12(7-13(9)19)20-14(23)8-25-18-21-16-15(17(24)22(18)4)10(2)11(3)26-16/h5-7H,8H2,1-4H3,(H,20,23). The van der Waals surface area contributed by atoms with Crippen LogP contribution in [0.1, 0.15) is 16.0 Å². The lowest BCUT2D eigenvalue weighted by atomic mass is 10.2. The van der Waals surface area contributed by atoms with E-state index in [2.05, 4.69) is 10.3 Å². The maximum absolute atomic E-state index is 13.6. The lowest BCUT2D eigenvalue weighted by Gasteiger charge is -2.08. The van der Waals surface area contributed by atoms with Gasteiger partial charge >= 0.3 is 0 Å². The molecule has 1 N–H and O–H groups in total. The largest absolute Gasteiger partial charge is 0.325 e. The Hall–Kier alpha value is -2.19. The van der Waals surface area contributed by atoms with Crippen molar-refractivity contribution in [3.8, 4) is 0 Å². The van der Waals surface area contributed by atoms with Crippen LogP contribution in [0.3, 0.4) is 0 Å². The maximum atomic E-state index is 13.6. The highest BCUT2D eigenvalue weighted by Crippen LogP contribution is 2.28. The number of anilines is 1. The van der Waals surface area contributed by atoms with Crippen molar-refractivity contribution in [1.29, 1.82) is 0 Å². The zero-order valence-electron chi connectivity index (χ0n) is 14.8. The van der Waals surface area contributed by atoms with Crippen LogP contribution in [0.15, 0.2) is 28.2 Å². The third-order valence-electron chi connectivity index (χ3n) is 4.16. The fourth-order valence-electron chi connectivity index (χ4n) is 2.48. The Kier molecular flexibility index (Phi) is 5.15. The summed E-state index contributed by atoms with van der Waals surface area (Å²) in [4.78, 5) is 31.0. The van der Waals surface area contributed by atoms with Crippen LogP contribution in [0.4, 0.5) is 10.1 Å². The molecule has 0 atom stereocenters. The number of nitrogens with zero attached hydrogens (tertiary/aromatic N) is 2. The minimum atomic E-state index is -0.367. The van der Waals surface area contributed by atoms with Gasteiger partial charge in [0.1, 0.15) is 10.6 Å². The van der Waals surface area contributed by atoms with E-state index in [9.17, 15) is 14.0 Å². The van der Waals surface area contributed by atoms with Crippen molar-refractivity contribution < 1.29 is 9.18 Å². The number of thioether (sulfide) groups is 1. The zero-order chi connectivity index (χ0) is 19.0. The van der Waals surface area contributed by atoms with Gasteiger partial charge in [0.2, 0.25) is 5.91 Å². The minimum Gasteiger partial charge on any atom is -0.325 e. The molecule has 1 aromatic carbocycles. The number of fused-ring (bicyclic) bond motifs is 1. The summed E-state index contributed by atoms with van der Waals surface area (Å²) in [6.45, 7) is 5.54. The fourth-order valence-corrected chi connectivity index (χ4v) is 4.33. The van der Waals surface area contributed by atoms with E-state index in [0.717, 1.165) is 10.4 Å².